The van der Waals surface area contributed by atoms with Crippen LogP contribution >= 0.6 is 11.6 Å². The quantitative estimate of drug-likeness (QED) is 0.525. The minimum Gasteiger partial charge on any atom is -0.326 e. The Morgan fingerprint density at radius 3 is 2.38 bits per heavy atom. The molecule has 0 fully saturated rings. The fourth-order valence-electron chi connectivity index (χ4n) is 3.60. The summed E-state index contributed by atoms with van der Waals surface area (Å²) >= 11 is 6.18. The van der Waals surface area contributed by atoms with Gasteiger partial charge in [0.05, 0.1) is 22.8 Å². The molecule has 1 heterocycles. The number of halogens is 1. The summed E-state index contributed by atoms with van der Waals surface area (Å²) in [7, 11) is -3.75. The SMILES string of the molecule is CCN(CC)S(=O)(=O)c1cc(NC(=O)Cc2c(C)nn(-c3ccccc3)c2C)ccc1Cl. The molecule has 0 atom stereocenters. The molecule has 3 aromatic rings. The number of aromatic nitrogens is 2. The van der Waals surface area contributed by atoms with Crippen molar-refractivity contribution in [2.75, 3.05) is 18.4 Å². The number of amides is 1. The zero-order valence-corrected chi connectivity index (χ0v) is 20.2. The van der Waals surface area contributed by atoms with Crippen LogP contribution in [-0.2, 0) is 21.2 Å². The van der Waals surface area contributed by atoms with Crippen LogP contribution in [0.1, 0.15) is 30.8 Å². The number of sulfonamides is 1. The molecule has 1 aromatic heterocycles. The van der Waals surface area contributed by atoms with Gasteiger partial charge in [0.2, 0.25) is 15.9 Å². The van der Waals surface area contributed by atoms with Crippen LogP contribution in [-0.4, -0.2) is 41.5 Å². The van der Waals surface area contributed by atoms with Gasteiger partial charge in [-0.3, -0.25) is 4.79 Å². The third kappa shape index (κ3) is 4.87. The molecule has 32 heavy (non-hydrogen) atoms. The van der Waals surface area contributed by atoms with Gasteiger partial charge < -0.3 is 5.32 Å². The van der Waals surface area contributed by atoms with Crippen LogP contribution in [0.3, 0.4) is 0 Å². The second-order valence-electron chi connectivity index (χ2n) is 7.36. The van der Waals surface area contributed by atoms with Gasteiger partial charge in [0, 0.05) is 30.0 Å². The van der Waals surface area contributed by atoms with Gasteiger partial charge >= 0.3 is 0 Å². The largest absolute Gasteiger partial charge is 0.326 e. The Balaban J connectivity index is 1.83. The molecule has 0 unspecified atom stereocenters. The third-order valence-corrected chi connectivity index (χ3v) is 7.85. The van der Waals surface area contributed by atoms with Gasteiger partial charge in [-0.1, -0.05) is 43.6 Å². The van der Waals surface area contributed by atoms with Crippen molar-refractivity contribution in [2.24, 2.45) is 0 Å². The molecule has 3 rings (SSSR count). The second-order valence-corrected chi connectivity index (χ2v) is 9.67. The lowest BCUT2D eigenvalue weighted by molar-refractivity contribution is -0.115. The van der Waals surface area contributed by atoms with E-state index >= 15 is 0 Å². The molecule has 0 radical (unpaired) electrons. The smallest absolute Gasteiger partial charge is 0.244 e. The first kappa shape index (κ1) is 24.0. The summed E-state index contributed by atoms with van der Waals surface area (Å²) in [5, 5.41) is 7.48. The molecule has 9 heteroatoms. The average Bonchev–Trinajstić information content (AvgIpc) is 3.04. The third-order valence-electron chi connectivity index (χ3n) is 5.32. The van der Waals surface area contributed by atoms with Gasteiger partial charge in [-0.25, -0.2) is 13.1 Å². The first-order chi connectivity index (χ1) is 15.2. The van der Waals surface area contributed by atoms with E-state index < -0.39 is 10.0 Å². The standard InChI is InChI=1S/C23H27ClN4O3S/c1-5-27(6-2)32(30,31)22-14-18(12-13-21(22)24)25-23(29)15-20-16(3)26-28(17(20)4)19-10-8-7-9-11-19/h7-14H,5-6,15H2,1-4H3,(H,25,29). The van der Waals surface area contributed by atoms with Crippen LogP contribution in [0.5, 0.6) is 0 Å². The van der Waals surface area contributed by atoms with Crippen LogP contribution in [0.25, 0.3) is 5.69 Å². The Labute approximate surface area is 194 Å². The van der Waals surface area contributed by atoms with Crippen molar-refractivity contribution in [3.63, 3.8) is 0 Å². The molecule has 0 aliphatic rings. The van der Waals surface area contributed by atoms with E-state index in [1.165, 1.54) is 16.4 Å². The van der Waals surface area contributed by atoms with E-state index in [2.05, 4.69) is 10.4 Å². The average molecular weight is 475 g/mol. The van der Waals surface area contributed by atoms with Crippen molar-refractivity contribution in [3.8, 4) is 5.69 Å². The number of nitrogens with zero attached hydrogens (tertiary/aromatic N) is 3. The van der Waals surface area contributed by atoms with Crippen LogP contribution in [0.2, 0.25) is 5.02 Å². The topological polar surface area (TPSA) is 84.3 Å². The maximum atomic E-state index is 12.9. The number of rotatable bonds is 8. The molecule has 7 nitrogen and oxygen atoms in total. The number of hydrogen-bond acceptors (Lipinski definition) is 4. The van der Waals surface area contributed by atoms with Gasteiger partial charge in [-0.15, -0.1) is 0 Å². The normalized spacial score (nSPS) is 11.7. The van der Waals surface area contributed by atoms with E-state index in [4.69, 9.17) is 11.6 Å². The number of carbonyl (C=O) groups is 1. The first-order valence-corrected chi connectivity index (χ1v) is 12.2. The second kappa shape index (κ2) is 9.85. The lowest BCUT2D eigenvalue weighted by Gasteiger charge is -2.19. The minimum atomic E-state index is -3.75. The highest BCUT2D eigenvalue weighted by atomic mass is 35.5. The fourth-order valence-corrected chi connectivity index (χ4v) is 5.56. The molecule has 0 spiro atoms. The molecular weight excluding hydrogens is 448 g/mol. The van der Waals surface area contributed by atoms with E-state index in [9.17, 15) is 13.2 Å². The molecule has 0 saturated heterocycles. The van der Waals surface area contributed by atoms with Crippen molar-refractivity contribution in [1.82, 2.24) is 14.1 Å². The summed E-state index contributed by atoms with van der Waals surface area (Å²) in [6.07, 6.45) is 0.116. The summed E-state index contributed by atoms with van der Waals surface area (Å²) < 4.78 is 28.9. The zero-order chi connectivity index (χ0) is 23.5. The number of nitrogens with one attached hydrogen (secondary N) is 1. The summed E-state index contributed by atoms with van der Waals surface area (Å²) in [5.41, 5.74) is 3.77. The highest BCUT2D eigenvalue weighted by Crippen LogP contribution is 2.28. The zero-order valence-electron chi connectivity index (χ0n) is 18.6. The van der Waals surface area contributed by atoms with E-state index in [0.29, 0.717) is 18.8 Å². The molecular formula is C23H27ClN4O3S. The van der Waals surface area contributed by atoms with E-state index in [1.807, 2.05) is 48.9 Å². The summed E-state index contributed by atoms with van der Waals surface area (Å²) in [6.45, 7) is 7.98. The molecule has 1 amide bonds. The fraction of sp³-hybridized carbons (Fsp3) is 0.304. The van der Waals surface area contributed by atoms with Gasteiger partial charge in [-0.2, -0.15) is 9.40 Å². The Hall–Kier alpha value is -2.68. The van der Waals surface area contributed by atoms with E-state index in [0.717, 1.165) is 22.6 Å². The van der Waals surface area contributed by atoms with Gasteiger partial charge in [-0.05, 0) is 44.2 Å². The van der Waals surface area contributed by atoms with Crippen LogP contribution in [0.4, 0.5) is 5.69 Å². The lowest BCUT2D eigenvalue weighted by Crippen LogP contribution is -2.31. The van der Waals surface area contributed by atoms with Crippen LogP contribution in [0.15, 0.2) is 53.4 Å². The summed E-state index contributed by atoms with van der Waals surface area (Å²) in [5.74, 6) is -0.266. The van der Waals surface area contributed by atoms with Crippen LogP contribution in [0, 0.1) is 13.8 Å². The van der Waals surface area contributed by atoms with E-state index in [1.54, 1.807) is 19.9 Å². The van der Waals surface area contributed by atoms with Gasteiger partial charge in [0.1, 0.15) is 4.90 Å². The Bertz CT molecular complexity index is 1220. The molecule has 0 saturated carbocycles. The highest BCUT2D eigenvalue weighted by Gasteiger charge is 2.25. The van der Waals surface area contributed by atoms with Crippen molar-refractivity contribution >= 4 is 33.2 Å². The van der Waals surface area contributed by atoms with Crippen molar-refractivity contribution in [3.05, 3.63) is 70.5 Å². The Morgan fingerprint density at radius 2 is 1.75 bits per heavy atom. The van der Waals surface area contributed by atoms with Crippen molar-refractivity contribution < 1.29 is 13.2 Å². The molecule has 0 aliphatic heterocycles. The van der Waals surface area contributed by atoms with Crippen LogP contribution < -0.4 is 5.32 Å². The molecule has 0 bridgehead atoms. The number of anilines is 1. The first-order valence-electron chi connectivity index (χ1n) is 10.4. The minimum absolute atomic E-state index is 0.0232. The molecule has 2 aromatic carbocycles. The number of carbonyl (C=O) groups excluding carboxylic acids is 1. The summed E-state index contributed by atoms with van der Waals surface area (Å²) in [6, 6.07) is 14.2. The van der Waals surface area contributed by atoms with Crippen molar-refractivity contribution in [2.45, 2.75) is 39.0 Å². The molecule has 170 valence electrons. The number of hydrogen-bond donors (Lipinski definition) is 1. The predicted octanol–water partition coefficient (Wildman–Crippen LogP) is 4.35. The predicted molar refractivity (Wildman–Crippen MR) is 127 cm³/mol. The highest BCUT2D eigenvalue weighted by molar-refractivity contribution is 7.89. The van der Waals surface area contributed by atoms with Gasteiger partial charge in [0.15, 0.2) is 0 Å². The molecule has 0 aliphatic carbocycles. The Kier molecular flexibility index (Phi) is 7.38. The van der Waals surface area contributed by atoms with E-state index in [-0.39, 0.29) is 22.2 Å². The monoisotopic (exact) mass is 474 g/mol. The van der Waals surface area contributed by atoms with Gasteiger partial charge in [0.25, 0.3) is 0 Å². The lowest BCUT2D eigenvalue weighted by atomic mass is 10.1. The van der Waals surface area contributed by atoms with Crippen molar-refractivity contribution in [1.29, 1.82) is 0 Å². The Morgan fingerprint density at radius 1 is 1.09 bits per heavy atom. The number of benzene rings is 2. The number of para-hydroxylation sites is 1. The summed E-state index contributed by atoms with van der Waals surface area (Å²) in [4.78, 5) is 12.8. The maximum Gasteiger partial charge on any atom is 0.244 e. The maximum absolute atomic E-state index is 12.9. The molecule has 1 N–H and O–H groups in total. The number of aryl methyl sites for hydroxylation is 1.